The minimum absolute atomic E-state index is 0.761. The Morgan fingerprint density at radius 2 is 2.16 bits per heavy atom. The molecule has 0 radical (unpaired) electrons. The van der Waals surface area contributed by atoms with Crippen molar-refractivity contribution < 1.29 is 4.74 Å². The van der Waals surface area contributed by atoms with E-state index in [9.17, 15) is 0 Å². The van der Waals surface area contributed by atoms with Crippen molar-refractivity contribution in [2.45, 2.75) is 20.3 Å². The van der Waals surface area contributed by atoms with E-state index in [1.54, 1.807) is 7.11 Å². The molecule has 0 saturated heterocycles. The van der Waals surface area contributed by atoms with Gasteiger partial charge in [0.1, 0.15) is 0 Å². The van der Waals surface area contributed by atoms with E-state index in [1.807, 2.05) is 12.4 Å². The number of nitrogens with zero attached hydrogens (tertiary/aromatic N) is 2. The summed E-state index contributed by atoms with van der Waals surface area (Å²) in [5.41, 5.74) is 3.66. The monoisotopic (exact) mass is 259 g/mol. The Balaban J connectivity index is 2.16. The molecule has 1 N–H and O–H groups in total. The zero-order valence-electron chi connectivity index (χ0n) is 11.8. The Labute approximate surface area is 114 Å². The van der Waals surface area contributed by atoms with E-state index in [1.165, 1.54) is 16.8 Å². The third-order valence-electron chi connectivity index (χ3n) is 3.07. The maximum Gasteiger partial charge on any atom is 0.207 e. The second kappa shape index (κ2) is 6.38. The number of benzene rings is 1. The predicted octanol–water partition coefficient (Wildman–Crippen LogP) is 2.94. The highest BCUT2D eigenvalue weighted by atomic mass is 16.5. The van der Waals surface area contributed by atoms with Crippen LogP contribution in [0.25, 0.3) is 5.69 Å². The number of methoxy groups -OCH3 is 1. The molecule has 0 atom stereocenters. The number of aromatic nitrogens is 2. The van der Waals surface area contributed by atoms with Crippen LogP contribution in [0.3, 0.4) is 0 Å². The van der Waals surface area contributed by atoms with Crippen molar-refractivity contribution in [3.8, 4) is 5.69 Å². The number of ether oxygens (including phenoxy) is 1. The molecule has 0 amide bonds. The van der Waals surface area contributed by atoms with Crippen molar-refractivity contribution in [1.82, 2.24) is 9.55 Å². The van der Waals surface area contributed by atoms with Crippen molar-refractivity contribution in [3.63, 3.8) is 0 Å². The fourth-order valence-corrected chi connectivity index (χ4v) is 2.02. The molecular weight excluding hydrogens is 238 g/mol. The number of rotatable bonds is 6. The van der Waals surface area contributed by atoms with Crippen LogP contribution >= 0.6 is 0 Å². The molecule has 0 bridgehead atoms. The lowest BCUT2D eigenvalue weighted by molar-refractivity contribution is 0.197. The van der Waals surface area contributed by atoms with E-state index in [0.29, 0.717) is 0 Å². The van der Waals surface area contributed by atoms with Gasteiger partial charge in [-0.15, -0.1) is 0 Å². The molecule has 0 aliphatic heterocycles. The zero-order chi connectivity index (χ0) is 13.7. The van der Waals surface area contributed by atoms with Crippen LogP contribution in [0.4, 0.5) is 5.95 Å². The molecule has 4 nitrogen and oxygen atoms in total. The summed E-state index contributed by atoms with van der Waals surface area (Å²) in [5.74, 6) is 0.879. The molecule has 0 spiro atoms. The smallest absolute Gasteiger partial charge is 0.207 e. The van der Waals surface area contributed by atoms with Crippen LogP contribution < -0.4 is 5.32 Å². The Bertz CT molecular complexity index is 534. The van der Waals surface area contributed by atoms with Crippen LogP contribution in [0.2, 0.25) is 0 Å². The molecule has 1 aromatic heterocycles. The van der Waals surface area contributed by atoms with Gasteiger partial charge in [-0.1, -0.05) is 12.1 Å². The van der Waals surface area contributed by atoms with Crippen LogP contribution in [0, 0.1) is 13.8 Å². The topological polar surface area (TPSA) is 39.1 Å². The first kappa shape index (κ1) is 13.6. The molecule has 19 heavy (non-hydrogen) atoms. The van der Waals surface area contributed by atoms with Gasteiger partial charge < -0.3 is 10.1 Å². The standard InChI is InChI=1S/C15H21N3O/c1-12-5-6-13(2)14(11-12)18-9-8-17-15(18)16-7-4-10-19-3/h5-6,8-9,11H,4,7,10H2,1-3H3,(H,16,17). The third kappa shape index (κ3) is 3.35. The Morgan fingerprint density at radius 1 is 1.32 bits per heavy atom. The molecule has 2 aromatic rings. The summed E-state index contributed by atoms with van der Waals surface area (Å²) in [6.45, 7) is 5.84. The molecule has 1 aromatic carbocycles. The number of imidazole rings is 1. The summed E-state index contributed by atoms with van der Waals surface area (Å²) in [6.07, 6.45) is 4.77. The van der Waals surface area contributed by atoms with Gasteiger partial charge in [0.2, 0.25) is 5.95 Å². The Kier molecular flexibility index (Phi) is 4.58. The average molecular weight is 259 g/mol. The third-order valence-corrected chi connectivity index (χ3v) is 3.07. The van der Waals surface area contributed by atoms with Crippen molar-refractivity contribution in [2.75, 3.05) is 25.6 Å². The minimum atomic E-state index is 0.761. The molecule has 4 heteroatoms. The van der Waals surface area contributed by atoms with Gasteiger partial charge in [-0.2, -0.15) is 0 Å². The lowest BCUT2D eigenvalue weighted by atomic mass is 10.1. The van der Waals surface area contributed by atoms with Gasteiger partial charge in [0.05, 0.1) is 5.69 Å². The van der Waals surface area contributed by atoms with Crippen LogP contribution in [-0.2, 0) is 4.74 Å². The summed E-state index contributed by atoms with van der Waals surface area (Å²) < 4.78 is 7.14. The molecule has 1 heterocycles. The molecule has 0 aliphatic carbocycles. The normalized spacial score (nSPS) is 10.7. The summed E-state index contributed by atoms with van der Waals surface area (Å²) in [6, 6.07) is 6.44. The highest BCUT2D eigenvalue weighted by Gasteiger charge is 2.07. The van der Waals surface area contributed by atoms with Gasteiger partial charge in [0.15, 0.2) is 0 Å². The van der Waals surface area contributed by atoms with Gasteiger partial charge in [-0.3, -0.25) is 4.57 Å². The number of hydrogen-bond donors (Lipinski definition) is 1. The first-order valence-corrected chi connectivity index (χ1v) is 6.56. The van der Waals surface area contributed by atoms with Gasteiger partial charge in [0.25, 0.3) is 0 Å². The summed E-state index contributed by atoms with van der Waals surface area (Å²) in [5, 5.41) is 3.35. The second-order valence-electron chi connectivity index (χ2n) is 4.68. The average Bonchev–Trinajstić information content (AvgIpc) is 2.86. The van der Waals surface area contributed by atoms with Gasteiger partial charge in [-0.25, -0.2) is 4.98 Å². The van der Waals surface area contributed by atoms with E-state index in [4.69, 9.17) is 4.74 Å². The van der Waals surface area contributed by atoms with Crippen molar-refractivity contribution >= 4 is 5.95 Å². The summed E-state index contributed by atoms with van der Waals surface area (Å²) >= 11 is 0. The first-order chi connectivity index (χ1) is 9.22. The van der Waals surface area contributed by atoms with Crippen molar-refractivity contribution in [2.24, 2.45) is 0 Å². The highest BCUT2D eigenvalue weighted by Crippen LogP contribution is 2.19. The lowest BCUT2D eigenvalue weighted by Gasteiger charge is -2.12. The van der Waals surface area contributed by atoms with E-state index >= 15 is 0 Å². The van der Waals surface area contributed by atoms with E-state index in [-0.39, 0.29) is 0 Å². The number of aryl methyl sites for hydroxylation is 2. The molecule has 2 rings (SSSR count). The van der Waals surface area contributed by atoms with Gasteiger partial charge in [-0.05, 0) is 37.5 Å². The zero-order valence-corrected chi connectivity index (χ0v) is 11.8. The highest BCUT2D eigenvalue weighted by molar-refractivity contribution is 5.48. The number of anilines is 1. The quantitative estimate of drug-likeness (QED) is 0.811. The Hall–Kier alpha value is -1.81. The number of hydrogen-bond acceptors (Lipinski definition) is 3. The van der Waals surface area contributed by atoms with Crippen LogP contribution in [0.5, 0.6) is 0 Å². The lowest BCUT2D eigenvalue weighted by Crippen LogP contribution is -2.10. The SMILES string of the molecule is COCCCNc1nccn1-c1cc(C)ccc1C. The molecule has 0 aliphatic rings. The van der Waals surface area contributed by atoms with E-state index in [0.717, 1.165) is 25.5 Å². The summed E-state index contributed by atoms with van der Waals surface area (Å²) in [4.78, 5) is 4.37. The molecule has 102 valence electrons. The molecule has 0 fully saturated rings. The second-order valence-corrected chi connectivity index (χ2v) is 4.68. The fourth-order valence-electron chi connectivity index (χ4n) is 2.02. The fraction of sp³-hybridized carbons (Fsp3) is 0.400. The largest absolute Gasteiger partial charge is 0.385 e. The number of nitrogens with one attached hydrogen (secondary N) is 1. The van der Waals surface area contributed by atoms with Crippen molar-refractivity contribution in [1.29, 1.82) is 0 Å². The predicted molar refractivity (Wildman–Crippen MR) is 78.0 cm³/mol. The van der Waals surface area contributed by atoms with Crippen LogP contribution in [0.15, 0.2) is 30.6 Å². The molecule has 0 unspecified atom stereocenters. The van der Waals surface area contributed by atoms with Crippen LogP contribution in [0.1, 0.15) is 17.5 Å². The van der Waals surface area contributed by atoms with Crippen molar-refractivity contribution in [3.05, 3.63) is 41.7 Å². The maximum absolute atomic E-state index is 5.04. The van der Waals surface area contributed by atoms with E-state index in [2.05, 4.69) is 46.9 Å². The summed E-state index contributed by atoms with van der Waals surface area (Å²) in [7, 11) is 1.72. The minimum Gasteiger partial charge on any atom is -0.385 e. The Morgan fingerprint density at radius 3 is 2.95 bits per heavy atom. The van der Waals surface area contributed by atoms with Gasteiger partial charge >= 0.3 is 0 Å². The first-order valence-electron chi connectivity index (χ1n) is 6.56. The van der Waals surface area contributed by atoms with E-state index < -0.39 is 0 Å². The van der Waals surface area contributed by atoms with Crippen LogP contribution in [-0.4, -0.2) is 29.8 Å². The molecule has 0 saturated carbocycles. The maximum atomic E-state index is 5.04. The molecular formula is C15H21N3O. The van der Waals surface area contributed by atoms with Gasteiger partial charge in [0, 0.05) is 32.7 Å².